The van der Waals surface area contributed by atoms with Crippen molar-refractivity contribution >= 4 is 23.6 Å². The molecule has 2 aromatic rings. The molecular formula is C32H45F3N6O4. The van der Waals surface area contributed by atoms with Gasteiger partial charge in [0.05, 0.1) is 11.6 Å². The number of alkyl halides is 3. The number of aliphatic carboxylic acids is 1. The van der Waals surface area contributed by atoms with Gasteiger partial charge >= 0.3 is 12.1 Å². The maximum atomic E-state index is 13.5. The zero-order valence-corrected chi connectivity index (χ0v) is 26.3. The third-order valence-electron chi connectivity index (χ3n) is 8.20. The zero-order chi connectivity index (χ0) is 33.3. The Balaban J connectivity index is 0.000000423. The van der Waals surface area contributed by atoms with Gasteiger partial charge in [-0.3, -0.25) is 24.2 Å². The number of aromatic nitrogens is 1. The van der Waals surface area contributed by atoms with Gasteiger partial charge in [0, 0.05) is 31.2 Å². The van der Waals surface area contributed by atoms with Crippen LogP contribution in [0.25, 0.3) is 0 Å². The maximum Gasteiger partial charge on any atom is 0.416 e. The van der Waals surface area contributed by atoms with Gasteiger partial charge in [-0.2, -0.15) is 13.2 Å². The number of benzene rings is 1. The Kier molecular flexibility index (Phi) is 12.7. The van der Waals surface area contributed by atoms with Gasteiger partial charge in [0.25, 0.3) is 0 Å². The molecule has 248 valence electrons. The Morgan fingerprint density at radius 2 is 1.58 bits per heavy atom. The van der Waals surface area contributed by atoms with E-state index in [1.807, 2.05) is 37.5 Å². The van der Waals surface area contributed by atoms with Crippen molar-refractivity contribution in [1.29, 1.82) is 0 Å². The van der Waals surface area contributed by atoms with Crippen molar-refractivity contribution in [3.63, 3.8) is 0 Å². The van der Waals surface area contributed by atoms with E-state index in [0.717, 1.165) is 38.4 Å². The number of carboxylic acids is 1. The van der Waals surface area contributed by atoms with Crippen LogP contribution in [-0.4, -0.2) is 81.0 Å². The molecule has 1 aromatic heterocycles. The van der Waals surface area contributed by atoms with E-state index in [1.165, 1.54) is 24.4 Å². The molecule has 2 saturated heterocycles. The van der Waals surface area contributed by atoms with Crippen LogP contribution in [0.3, 0.4) is 0 Å². The number of hydrogen-bond acceptors (Lipinski definition) is 7. The molecule has 13 heteroatoms. The van der Waals surface area contributed by atoms with E-state index in [2.05, 4.69) is 15.6 Å². The van der Waals surface area contributed by atoms with E-state index in [0.29, 0.717) is 23.8 Å². The molecule has 2 aliphatic heterocycles. The Labute approximate surface area is 262 Å². The van der Waals surface area contributed by atoms with Crippen molar-refractivity contribution in [2.45, 2.75) is 103 Å². The van der Waals surface area contributed by atoms with Crippen LogP contribution in [0.4, 0.5) is 19.0 Å². The summed E-state index contributed by atoms with van der Waals surface area (Å²) in [5.41, 5.74) is 5.36. The summed E-state index contributed by atoms with van der Waals surface area (Å²) in [6.45, 7) is 9.85. The van der Waals surface area contributed by atoms with E-state index < -0.39 is 35.7 Å². The Hall–Kier alpha value is -3.71. The van der Waals surface area contributed by atoms with Crippen LogP contribution in [-0.2, 0) is 33.5 Å². The quantitative estimate of drug-likeness (QED) is 0.309. The minimum atomic E-state index is -4.57. The first-order chi connectivity index (χ1) is 21.2. The van der Waals surface area contributed by atoms with Gasteiger partial charge in [0.15, 0.2) is 0 Å². The fourth-order valence-electron chi connectivity index (χ4n) is 5.89. The lowest BCUT2D eigenvalue weighted by molar-refractivity contribution is -0.142. The molecule has 10 nitrogen and oxygen atoms in total. The minimum absolute atomic E-state index is 0.0586. The summed E-state index contributed by atoms with van der Waals surface area (Å²) >= 11 is 0. The number of amides is 2. The van der Waals surface area contributed by atoms with Gasteiger partial charge in [0.1, 0.15) is 17.9 Å². The number of carboxylic acid groups (broad SMARTS) is 1. The molecule has 0 aliphatic carbocycles. The topological polar surface area (TPSA) is 141 Å². The van der Waals surface area contributed by atoms with Crippen LogP contribution in [0.15, 0.2) is 42.6 Å². The molecule has 1 aromatic carbocycles. The van der Waals surface area contributed by atoms with Gasteiger partial charge in [-0.1, -0.05) is 24.3 Å². The van der Waals surface area contributed by atoms with Gasteiger partial charge < -0.3 is 21.5 Å². The fourth-order valence-corrected chi connectivity index (χ4v) is 5.89. The molecule has 0 radical (unpaired) electrons. The SMILES string of the molecule is CC(C)N1CCC[C@@H]1C(=O)N[C@@H](Cc1ccccc1C(F)(F)F)C(=O)NCc1ccc(N)nc1.CC(C)N1CCC[C@@H]1C(=O)O. The lowest BCUT2D eigenvalue weighted by Gasteiger charge is -2.29. The molecule has 4 rings (SSSR count). The predicted octanol–water partition coefficient (Wildman–Crippen LogP) is 3.84. The third-order valence-corrected chi connectivity index (χ3v) is 8.20. The minimum Gasteiger partial charge on any atom is -0.480 e. The molecule has 3 heterocycles. The number of carbonyl (C=O) groups excluding carboxylic acids is 2. The summed E-state index contributed by atoms with van der Waals surface area (Å²) in [6.07, 6.45) is -0.0502. The van der Waals surface area contributed by atoms with Crippen molar-refractivity contribution in [2.24, 2.45) is 0 Å². The molecule has 2 amide bonds. The van der Waals surface area contributed by atoms with Gasteiger partial charge in [-0.05, 0) is 89.7 Å². The second-order valence-electron chi connectivity index (χ2n) is 12.0. The number of rotatable bonds is 10. The average Bonchev–Trinajstić information content (AvgIpc) is 3.67. The van der Waals surface area contributed by atoms with Crippen molar-refractivity contribution in [2.75, 3.05) is 18.8 Å². The molecule has 3 atom stereocenters. The van der Waals surface area contributed by atoms with E-state index in [-0.39, 0.29) is 36.5 Å². The molecule has 45 heavy (non-hydrogen) atoms. The highest BCUT2D eigenvalue weighted by atomic mass is 19.4. The second kappa shape index (κ2) is 16.0. The number of pyridine rings is 1. The first-order valence-electron chi connectivity index (χ1n) is 15.4. The maximum absolute atomic E-state index is 13.5. The highest BCUT2D eigenvalue weighted by molar-refractivity contribution is 5.90. The fraction of sp³-hybridized carbons (Fsp3) is 0.562. The van der Waals surface area contributed by atoms with Crippen LogP contribution in [0.2, 0.25) is 0 Å². The molecule has 0 unspecified atom stereocenters. The van der Waals surface area contributed by atoms with Gasteiger partial charge in [0.2, 0.25) is 11.8 Å². The monoisotopic (exact) mass is 634 g/mol. The van der Waals surface area contributed by atoms with Crippen molar-refractivity contribution in [1.82, 2.24) is 25.4 Å². The molecule has 5 N–H and O–H groups in total. The van der Waals surface area contributed by atoms with Crippen molar-refractivity contribution in [3.05, 3.63) is 59.3 Å². The lowest BCUT2D eigenvalue weighted by Crippen LogP contribution is -2.54. The smallest absolute Gasteiger partial charge is 0.416 e. The van der Waals surface area contributed by atoms with Crippen LogP contribution < -0.4 is 16.4 Å². The van der Waals surface area contributed by atoms with Crippen molar-refractivity contribution in [3.8, 4) is 0 Å². The van der Waals surface area contributed by atoms with E-state index in [1.54, 1.807) is 12.1 Å². The van der Waals surface area contributed by atoms with Crippen LogP contribution in [0.5, 0.6) is 0 Å². The summed E-state index contributed by atoms with van der Waals surface area (Å²) in [5.74, 6) is -1.27. The Morgan fingerprint density at radius 1 is 0.978 bits per heavy atom. The lowest BCUT2D eigenvalue weighted by atomic mass is 9.98. The molecule has 0 saturated carbocycles. The van der Waals surface area contributed by atoms with Crippen LogP contribution >= 0.6 is 0 Å². The van der Waals surface area contributed by atoms with Gasteiger partial charge in [-0.15, -0.1) is 0 Å². The number of anilines is 1. The summed E-state index contributed by atoms with van der Waals surface area (Å²) in [7, 11) is 0. The first kappa shape index (κ1) is 35.8. The van der Waals surface area contributed by atoms with Crippen LogP contribution in [0, 0.1) is 0 Å². The Bertz CT molecular complexity index is 1290. The number of nitrogen functional groups attached to an aromatic ring is 1. The van der Waals surface area contributed by atoms with E-state index >= 15 is 0 Å². The number of nitrogens with two attached hydrogens (primary N) is 1. The Morgan fingerprint density at radius 3 is 2.11 bits per heavy atom. The number of likely N-dealkylation sites (tertiary alicyclic amines) is 2. The summed E-state index contributed by atoms with van der Waals surface area (Å²) in [5, 5.41) is 14.2. The molecule has 2 aliphatic rings. The summed E-state index contributed by atoms with van der Waals surface area (Å²) < 4.78 is 40.6. The van der Waals surface area contributed by atoms with Crippen LogP contribution in [0.1, 0.15) is 70.1 Å². The second-order valence-corrected chi connectivity index (χ2v) is 12.0. The van der Waals surface area contributed by atoms with E-state index in [4.69, 9.17) is 10.8 Å². The number of hydrogen-bond donors (Lipinski definition) is 4. The predicted molar refractivity (Wildman–Crippen MR) is 165 cm³/mol. The number of carbonyl (C=O) groups is 3. The highest BCUT2D eigenvalue weighted by Crippen LogP contribution is 2.32. The number of halogens is 3. The molecule has 2 fully saturated rings. The number of nitrogens with one attached hydrogen (secondary N) is 2. The zero-order valence-electron chi connectivity index (χ0n) is 26.3. The normalized spacial score (nSPS) is 19.7. The molecular weight excluding hydrogens is 589 g/mol. The summed E-state index contributed by atoms with van der Waals surface area (Å²) in [4.78, 5) is 44.8. The molecule has 0 bridgehead atoms. The van der Waals surface area contributed by atoms with E-state index in [9.17, 15) is 27.6 Å². The summed E-state index contributed by atoms with van der Waals surface area (Å²) in [6, 6.07) is 7.03. The molecule has 0 spiro atoms. The standard InChI is InChI=1S/C24H30F3N5O2.C8H15NO2/c1-15(2)32-11-5-8-20(32)23(34)31-19(12-17-6-3-4-7-18(17)24(25,26)27)22(33)30-14-16-9-10-21(28)29-13-16;1-6(2)9-5-3-4-7(9)8(10)11/h3-4,6-7,9-10,13,15,19-20H,5,8,11-12,14H2,1-2H3,(H2,28,29)(H,30,33)(H,31,34);6-7H,3-5H2,1-2H3,(H,10,11)/t19-,20+;7-/m01/s1. The first-order valence-corrected chi connectivity index (χ1v) is 15.4. The van der Waals surface area contributed by atoms with Crippen molar-refractivity contribution < 1.29 is 32.7 Å². The average molecular weight is 635 g/mol. The highest BCUT2D eigenvalue weighted by Gasteiger charge is 2.37. The third kappa shape index (κ3) is 10.1. The largest absolute Gasteiger partial charge is 0.480 e. The van der Waals surface area contributed by atoms with Gasteiger partial charge in [-0.25, -0.2) is 4.98 Å². The number of nitrogens with zero attached hydrogens (tertiary/aromatic N) is 3.